The summed E-state index contributed by atoms with van der Waals surface area (Å²) in [5.74, 6) is 0. The quantitative estimate of drug-likeness (QED) is 0.631. The first-order valence-electron chi connectivity index (χ1n) is 4.84. The minimum Gasteiger partial charge on any atom is -0.170 e. The van der Waals surface area contributed by atoms with Crippen molar-refractivity contribution in [1.82, 2.24) is 0 Å². The van der Waals surface area contributed by atoms with Crippen molar-refractivity contribution < 1.29 is 13.2 Å². The van der Waals surface area contributed by atoms with Gasteiger partial charge < -0.3 is 0 Å². The Kier molecular flexibility index (Phi) is 3.07. The fraction of sp³-hybridized carbons (Fsp3) is 0.636. The third-order valence-corrected chi connectivity index (χ3v) is 2.64. The molecule has 0 saturated heterocycles. The molecular formula is C11H15F3. The minimum atomic E-state index is -4.14. The van der Waals surface area contributed by atoms with Crippen molar-refractivity contribution in [2.24, 2.45) is 5.41 Å². The Morgan fingerprint density at radius 1 is 1.43 bits per heavy atom. The molecule has 0 aliphatic heterocycles. The van der Waals surface area contributed by atoms with E-state index in [1.807, 2.05) is 6.92 Å². The van der Waals surface area contributed by atoms with Crippen LogP contribution in [-0.2, 0) is 0 Å². The maximum Gasteiger partial charge on any atom is 0.397 e. The first-order valence-corrected chi connectivity index (χ1v) is 4.84. The van der Waals surface area contributed by atoms with E-state index in [0.717, 1.165) is 18.4 Å². The lowest BCUT2D eigenvalue weighted by atomic mass is 9.81. The van der Waals surface area contributed by atoms with Crippen LogP contribution in [0.3, 0.4) is 0 Å². The van der Waals surface area contributed by atoms with Gasteiger partial charge in [-0.1, -0.05) is 37.1 Å². The van der Waals surface area contributed by atoms with Crippen molar-refractivity contribution in [3.05, 3.63) is 23.8 Å². The highest BCUT2D eigenvalue weighted by Gasteiger charge is 2.48. The standard InChI is InChI=1S/C11H15F3/c1-3-4-9-5-7-10(2,8-6-9)11(12,13)14/h5-7H,3-4,8H2,1-2H3. The summed E-state index contributed by atoms with van der Waals surface area (Å²) in [6, 6.07) is 0. The Hall–Kier alpha value is -0.730. The molecule has 0 nitrogen and oxygen atoms in total. The van der Waals surface area contributed by atoms with Crippen molar-refractivity contribution >= 4 is 0 Å². The van der Waals surface area contributed by atoms with Crippen LogP contribution < -0.4 is 0 Å². The molecule has 3 heteroatoms. The van der Waals surface area contributed by atoms with E-state index in [1.165, 1.54) is 13.0 Å². The summed E-state index contributed by atoms with van der Waals surface area (Å²) >= 11 is 0. The monoisotopic (exact) mass is 204 g/mol. The lowest BCUT2D eigenvalue weighted by molar-refractivity contribution is -0.199. The normalized spacial score (nSPS) is 27.6. The molecule has 1 unspecified atom stereocenters. The van der Waals surface area contributed by atoms with Crippen LogP contribution in [0.4, 0.5) is 13.2 Å². The van der Waals surface area contributed by atoms with E-state index in [4.69, 9.17) is 0 Å². The summed E-state index contributed by atoms with van der Waals surface area (Å²) < 4.78 is 37.7. The van der Waals surface area contributed by atoms with Gasteiger partial charge in [0.1, 0.15) is 0 Å². The summed E-state index contributed by atoms with van der Waals surface area (Å²) in [5, 5.41) is 0. The number of hydrogen-bond acceptors (Lipinski definition) is 0. The molecule has 0 aromatic carbocycles. The summed E-state index contributed by atoms with van der Waals surface area (Å²) in [6.07, 6.45) is 2.37. The molecule has 80 valence electrons. The Labute approximate surface area is 82.5 Å². The van der Waals surface area contributed by atoms with Crippen molar-refractivity contribution in [3.63, 3.8) is 0 Å². The van der Waals surface area contributed by atoms with Gasteiger partial charge in [-0.2, -0.15) is 13.2 Å². The molecule has 0 saturated carbocycles. The molecule has 0 heterocycles. The molecule has 1 rings (SSSR count). The first kappa shape index (κ1) is 11.3. The average Bonchev–Trinajstić information content (AvgIpc) is 2.08. The molecule has 1 aliphatic rings. The van der Waals surface area contributed by atoms with Crippen LogP contribution in [0, 0.1) is 5.41 Å². The van der Waals surface area contributed by atoms with Crippen LogP contribution in [0.2, 0.25) is 0 Å². The van der Waals surface area contributed by atoms with E-state index >= 15 is 0 Å². The Morgan fingerprint density at radius 2 is 2.07 bits per heavy atom. The predicted molar refractivity (Wildman–Crippen MR) is 50.9 cm³/mol. The molecule has 0 amide bonds. The van der Waals surface area contributed by atoms with E-state index in [1.54, 1.807) is 12.2 Å². The van der Waals surface area contributed by atoms with E-state index < -0.39 is 11.6 Å². The number of rotatable bonds is 2. The second kappa shape index (κ2) is 3.79. The van der Waals surface area contributed by atoms with Crippen molar-refractivity contribution in [3.8, 4) is 0 Å². The summed E-state index contributed by atoms with van der Waals surface area (Å²) in [7, 11) is 0. The molecule has 14 heavy (non-hydrogen) atoms. The lowest BCUT2D eigenvalue weighted by Crippen LogP contribution is -2.33. The van der Waals surface area contributed by atoms with E-state index in [-0.39, 0.29) is 6.42 Å². The number of alkyl halides is 3. The molecule has 1 atom stereocenters. The number of halogens is 3. The van der Waals surface area contributed by atoms with Crippen LogP contribution in [0.5, 0.6) is 0 Å². The Bertz CT molecular complexity index is 260. The maximum absolute atomic E-state index is 12.6. The van der Waals surface area contributed by atoms with Gasteiger partial charge in [0.05, 0.1) is 5.41 Å². The van der Waals surface area contributed by atoms with E-state index in [9.17, 15) is 13.2 Å². The number of hydrogen-bond donors (Lipinski definition) is 0. The van der Waals surface area contributed by atoms with Gasteiger partial charge in [-0.25, -0.2) is 0 Å². The van der Waals surface area contributed by atoms with E-state index in [0.29, 0.717) is 0 Å². The molecule has 0 bridgehead atoms. The minimum absolute atomic E-state index is 0.0718. The fourth-order valence-corrected chi connectivity index (χ4v) is 1.45. The van der Waals surface area contributed by atoms with Crippen LogP contribution in [-0.4, -0.2) is 6.18 Å². The van der Waals surface area contributed by atoms with Gasteiger partial charge in [0.15, 0.2) is 0 Å². The topological polar surface area (TPSA) is 0 Å². The molecule has 0 spiro atoms. The fourth-order valence-electron chi connectivity index (χ4n) is 1.45. The average molecular weight is 204 g/mol. The molecule has 0 radical (unpaired) electrons. The zero-order valence-electron chi connectivity index (χ0n) is 8.49. The van der Waals surface area contributed by atoms with Crippen LogP contribution >= 0.6 is 0 Å². The van der Waals surface area contributed by atoms with Crippen molar-refractivity contribution in [2.75, 3.05) is 0 Å². The van der Waals surface area contributed by atoms with E-state index in [2.05, 4.69) is 0 Å². The number of allylic oxidation sites excluding steroid dienone is 4. The Balaban J connectivity index is 2.72. The third-order valence-electron chi connectivity index (χ3n) is 2.64. The zero-order valence-corrected chi connectivity index (χ0v) is 8.49. The summed E-state index contributed by atoms with van der Waals surface area (Å²) in [6.45, 7) is 3.26. The predicted octanol–water partition coefficient (Wildman–Crippen LogP) is 4.24. The van der Waals surface area contributed by atoms with Gasteiger partial charge in [0.2, 0.25) is 0 Å². The smallest absolute Gasteiger partial charge is 0.170 e. The molecule has 0 aromatic rings. The maximum atomic E-state index is 12.6. The zero-order chi connectivity index (χ0) is 10.8. The van der Waals surface area contributed by atoms with Crippen LogP contribution in [0.25, 0.3) is 0 Å². The SMILES string of the molecule is CCCC1=CCC(C)(C(F)(F)F)C=C1. The van der Waals surface area contributed by atoms with Crippen molar-refractivity contribution in [1.29, 1.82) is 0 Å². The molecule has 0 fully saturated rings. The van der Waals surface area contributed by atoms with Gasteiger partial charge >= 0.3 is 6.18 Å². The highest BCUT2D eigenvalue weighted by molar-refractivity contribution is 5.27. The molecule has 1 aliphatic carbocycles. The second-order valence-corrected chi connectivity index (χ2v) is 3.98. The van der Waals surface area contributed by atoms with Gasteiger partial charge in [-0.15, -0.1) is 0 Å². The van der Waals surface area contributed by atoms with Gasteiger partial charge in [0.25, 0.3) is 0 Å². The Morgan fingerprint density at radius 3 is 2.43 bits per heavy atom. The molecule has 0 N–H and O–H groups in total. The van der Waals surface area contributed by atoms with Crippen LogP contribution in [0.1, 0.15) is 33.1 Å². The lowest BCUT2D eigenvalue weighted by Gasteiger charge is -2.30. The molecular weight excluding hydrogens is 189 g/mol. The summed E-state index contributed by atoms with van der Waals surface area (Å²) in [4.78, 5) is 0. The third kappa shape index (κ3) is 2.20. The second-order valence-electron chi connectivity index (χ2n) is 3.98. The highest BCUT2D eigenvalue weighted by Crippen LogP contribution is 2.44. The molecule has 0 aromatic heterocycles. The largest absolute Gasteiger partial charge is 0.397 e. The van der Waals surface area contributed by atoms with Gasteiger partial charge in [-0.05, 0) is 19.8 Å². The van der Waals surface area contributed by atoms with Gasteiger partial charge in [-0.3, -0.25) is 0 Å². The highest BCUT2D eigenvalue weighted by atomic mass is 19.4. The van der Waals surface area contributed by atoms with Crippen LogP contribution in [0.15, 0.2) is 23.8 Å². The van der Waals surface area contributed by atoms with Gasteiger partial charge in [0, 0.05) is 0 Å². The first-order chi connectivity index (χ1) is 6.39. The van der Waals surface area contributed by atoms with Crippen molar-refractivity contribution in [2.45, 2.75) is 39.3 Å². The summed E-state index contributed by atoms with van der Waals surface area (Å²) in [5.41, 5.74) is -0.640.